The fraction of sp³-hybridized carbons (Fsp3) is 0.286. The topological polar surface area (TPSA) is 29.5 Å². The number of nitrogens with zero attached hydrogens (tertiary/aromatic N) is 1. The van der Waals surface area contributed by atoms with Gasteiger partial charge in [-0.25, -0.2) is 0 Å². The van der Waals surface area contributed by atoms with Crippen LogP contribution in [-0.2, 0) is 0 Å². The Morgan fingerprint density at radius 1 is 1.38 bits per heavy atom. The third-order valence-corrected chi connectivity index (χ3v) is 4.15. The van der Waals surface area contributed by atoms with E-state index in [0.717, 1.165) is 6.08 Å². The maximum atomic E-state index is 12.2. The van der Waals surface area contributed by atoms with E-state index >= 15 is 0 Å². The van der Waals surface area contributed by atoms with Gasteiger partial charge in [0, 0.05) is 18.4 Å². The van der Waals surface area contributed by atoms with Crippen molar-refractivity contribution >= 4 is 34.2 Å². The van der Waals surface area contributed by atoms with E-state index in [4.69, 9.17) is 17.0 Å². The van der Waals surface area contributed by atoms with Crippen molar-refractivity contribution in [3.63, 3.8) is 0 Å². The molecular weight excluding hydrogens is 316 g/mol. The summed E-state index contributed by atoms with van der Waals surface area (Å²) in [5.74, 6) is 0.810. The van der Waals surface area contributed by atoms with E-state index in [9.17, 15) is 13.6 Å². The summed E-state index contributed by atoms with van der Waals surface area (Å²) in [6.45, 7) is 0. The number of thiocarbonyl (C=S) groups is 1. The van der Waals surface area contributed by atoms with Gasteiger partial charge in [-0.15, -0.1) is 0 Å². The van der Waals surface area contributed by atoms with Crippen molar-refractivity contribution in [1.29, 1.82) is 0 Å². The molecular formula is C14H15F2NO2S2. The van der Waals surface area contributed by atoms with E-state index in [1.54, 1.807) is 38.4 Å². The van der Waals surface area contributed by atoms with Crippen LogP contribution in [0.15, 0.2) is 36.4 Å². The molecule has 0 N–H and O–H groups in total. The van der Waals surface area contributed by atoms with Gasteiger partial charge in [-0.2, -0.15) is 8.78 Å². The van der Waals surface area contributed by atoms with Gasteiger partial charge in [-0.05, 0) is 36.8 Å². The number of thioether (sulfide) groups is 1. The quantitative estimate of drug-likeness (QED) is 0.603. The first-order chi connectivity index (χ1) is 9.95. The molecule has 0 aliphatic rings. The number of hydrogen-bond donors (Lipinski definition) is 0. The maximum Gasteiger partial charge on any atom is 0.266 e. The number of halogens is 2. The Morgan fingerprint density at radius 2 is 2.00 bits per heavy atom. The van der Waals surface area contributed by atoms with Crippen LogP contribution >= 0.6 is 24.0 Å². The molecule has 1 aromatic carbocycles. The first-order valence-corrected chi connectivity index (χ1v) is 7.45. The minimum Gasteiger partial charge on any atom is -0.497 e. The molecule has 1 amide bonds. The van der Waals surface area contributed by atoms with Gasteiger partial charge in [0.2, 0.25) is 0 Å². The molecule has 0 unspecified atom stereocenters. The number of methoxy groups -OCH3 is 1. The van der Waals surface area contributed by atoms with Crippen LogP contribution in [0.3, 0.4) is 0 Å². The molecule has 0 aliphatic carbocycles. The minimum absolute atomic E-state index is 0.206. The van der Waals surface area contributed by atoms with Crippen molar-refractivity contribution in [1.82, 2.24) is 4.90 Å². The van der Waals surface area contributed by atoms with Crippen LogP contribution in [0.25, 0.3) is 0 Å². The van der Waals surface area contributed by atoms with Gasteiger partial charge in [-0.3, -0.25) is 9.69 Å². The summed E-state index contributed by atoms with van der Waals surface area (Å²) >= 11 is 6.31. The lowest BCUT2D eigenvalue weighted by Crippen LogP contribution is -2.30. The second-order valence-corrected chi connectivity index (χ2v) is 5.72. The van der Waals surface area contributed by atoms with E-state index in [1.165, 1.54) is 16.7 Å². The molecule has 0 aliphatic heterocycles. The highest BCUT2D eigenvalue weighted by Crippen LogP contribution is 2.16. The molecule has 0 heterocycles. The van der Waals surface area contributed by atoms with Crippen LogP contribution in [0.4, 0.5) is 8.78 Å². The highest BCUT2D eigenvalue weighted by molar-refractivity contribution is 8.22. The van der Waals surface area contributed by atoms with Gasteiger partial charge in [0.1, 0.15) is 10.1 Å². The van der Waals surface area contributed by atoms with E-state index in [1.807, 2.05) is 0 Å². The monoisotopic (exact) mass is 331 g/mol. The van der Waals surface area contributed by atoms with Crippen LogP contribution in [0.5, 0.6) is 5.75 Å². The Hall–Kier alpha value is -1.47. The molecule has 0 atom stereocenters. The third-order valence-electron chi connectivity index (χ3n) is 2.56. The number of hydrogen-bond acceptors (Lipinski definition) is 4. The van der Waals surface area contributed by atoms with Crippen molar-refractivity contribution in [2.24, 2.45) is 0 Å². The Bertz CT molecular complexity index is 528. The van der Waals surface area contributed by atoms with Crippen molar-refractivity contribution in [2.75, 3.05) is 19.9 Å². The van der Waals surface area contributed by atoms with E-state index in [0.29, 0.717) is 21.4 Å². The molecule has 0 bridgehead atoms. The summed E-state index contributed by atoms with van der Waals surface area (Å²) in [5, 5.41) is 0. The number of benzene rings is 1. The molecule has 3 nitrogen and oxygen atoms in total. The summed E-state index contributed by atoms with van der Waals surface area (Å²) in [7, 11) is 3.11. The Kier molecular flexibility index (Phi) is 7.31. The highest BCUT2D eigenvalue weighted by Gasteiger charge is 2.15. The fourth-order valence-corrected chi connectivity index (χ4v) is 2.44. The smallest absolute Gasteiger partial charge is 0.266 e. The van der Waals surface area contributed by atoms with Gasteiger partial charge in [0.05, 0.1) is 7.11 Å². The fourth-order valence-electron chi connectivity index (χ4n) is 1.42. The second-order valence-electron chi connectivity index (χ2n) is 3.99. The number of ether oxygens (including phenoxy) is 1. The van der Waals surface area contributed by atoms with Gasteiger partial charge < -0.3 is 4.74 Å². The van der Waals surface area contributed by atoms with Gasteiger partial charge >= 0.3 is 0 Å². The van der Waals surface area contributed by atoms with Gasteiger partial charge in [0.15, 0.2) is 0 Å². The average molecular weight is 331 g/mol. The maximum absolute atomic E-state index is 12.2. The molecule has 1 rings (SSSR count). The Morgan fingerprint density at radius 3 is 2.52 bits per heavy atom. The van der Waals surface area contributed by atoms with Crippen molar-refractivity contribution in [2.45, 2.75) is 6.42 Å². The molecule has 0 saturated carbocycles. The van der Waals surface area contributed by atoms with E-state index in [2.05, 4.69) is 0 Å². The first-order valence-electron chi connectivity index (χ1n) is 6.05. The van der Waals surface area contributed by atoms with Crippen LogP contribution in [0.2, 0.25) is 0 Å². The molecule has 0 aromatic heterocycles. The van der Waals surface area contributed by atoms with E-state index in [-0.39, 0.29) is 12.3 Å². The van der Waals surface area contributed by atoms with Crippen molar-refractivity contribution in [3.05, 3.63) is 42.0 Å². The minimum atomic E-state index is -1.70. The molecule has 7 heteroatoms. The first kappa shape index (κ1) is 17.6. The summed E-state index contributed by atoms with van der Waals surface area (Å²) in [5.41, 5.74) is 0.482. The molecule has 21 heavy (non-hydrogen) atoms. The molecule has 0 radical (unpaired) electrons. The zero-order valence-electron chi connectivity index (χ0n) is 11.6. The molecule has 114 valence electrons. The predicted molar refractivity (Wildman–Crippen MR) is 85.1 cm³/mol. The van der Waals surface area contributed by atoms with E-state index < -0.39 is 6.08 Å². The van der Waals surface area contributed by atoms with Crippen molar-refractivity contribution in [3.8, 4) is 5.75 Å². The molecule has 0 fully saturated rings. The van der Waals surface area contributed by atoms with Gasteiger partial charge in [0.25, 0.3) is 12.0 Å². The largest absolute Gasteiger partial charge is 0.497 e. The van der Waals surface area contributed by atoms with Crippen LogP contribution < -0.4 is 4.74 Å². The lowest BCUT2D eigenvalue weighted by Gasteiger charge is -2.17. The predicted octanol–water partition coefficient (Wildman–Crippen LogP) is 3.96. The highest BCUT2D eigenvalue weighted by atomic mass is 32.2. The summed E-state index contributed by atoms with van der Waals surface area (Å²) < 4.78 is 29.1. The standard InChI is InChI=1S/C14H15F2NO2S2/c1-17(14(20)21-9-3-4-12(15)16)13(18)10-5-7-11(19-2)8-6-10/h4-8H,3,9H2,1-2H3. The summed E-state index contributed by atoms with van der Waals surface area (Å²) in [4.78, 5) is 13.5. The summed E-state index contributed by atoms with van der Waals surface area (Å²) in [6.07, 6.45) is -0.664. The number of carbonyl (C=O) groups is 1. The van der Waals surface area contributed by atoms with Crippen molar-refractivity contribution < 1.29 is 18.3 Å². The Labute approximate surface area is 132 Å². The van der Waals surface area contributed by atoms with Gasteiger partial charge in [-0.1, -0.05) is 24.0 Å². The SMILES string of the molecule is COc1ccc(C(=O)N(C)C(=S)SCCC=C(F)F)cc1. The zero-order valence-corrected chi connectivity index (χ0v) is 13.3. The number of rotatable bonds is 5. The average Bonchev–Trinajstić information content (AvgIpc) is 2.49. The van der Waals surface area contributed by atoms with Crippen LogP contribution in [0, 0.1) is 0 Å². The van der Waals surface area contributed by atoms with Crippen LogP contribution in [-0.4, -0.2) is 35.0 Å². The molecule has 0 spiro atoms. The lowest BCUT2D eigenvalue weighted by molar-refractivity contribution is 0.0875. The molecule has 0 saturated heterocycles. The second kappa shape index (κ2) is 8.74. The number of carbonyl (C=O) groups excluding carboxylic acids is 1. The number of allylic oxidation sites excluding steroid dienone is 1. The Balaban J connectivity index is 2.56. The molecule has 1 aromatic rings. The number of amides is 1. The summed E-state index contributed by atoms with van der Waals surface area (Å²) in [6, 6.07) is 6.66. The third kappa shape index (κ3) is 5.81. The normalized spacial score (nSPS) is 9.90. The lowest BCUT2D eigenvalue weighted by atomic mass is 10.2. The zero-order chi connectivity index (χ0) is 15.8. The van der Waals surface area contributed by atoms with Crippen LogP contribution in [0.1, 0.15) is 16.8 Å².